The van der Waals surface area contributed by atoms with Crippen molar-refractivity contribution in [3.63, 3.8) is 0 Å². The predicted molar refractivity (Wildman–Crippen MR) is 79.2 cm³/mol. The van der Waals surface area contributed by atoms with E-state index < -0.39 is 24.8 Å². The minimum Gasteiger partial charge on any atom is -0.360 e. The number of para-hydroxylation sites is 1. The van der Waals surface area contributed by atoms with E-state index in [0.29, 0.717) is 14.9 Å². The van der Waals surface area contributed by atoms with Gasteiger partial charge in [-0.2, -0.15) is 13.2 Å². The molecule has 1 atom stereocenters. The smallest absolute Gasteiger partial charge is 0.360 e. The van der Waals surface area contributed by atoms with Crippen molar-refractivity contribution in [3.05, 3.63) is 51.2 Å². The molecular formula is C14H10ClF3N2OS. The molecule has 0 unspecified atom stereocenters. The van der Waals surface area contributed by atoms with E-state index in [2.05, 4.69) is 5.32 Å². The Morgan fingerprint density at radius 1 is 1.23 bits per heavy atom. The fourth-order valence-electron chi connectivity index (χ4n) is 2.35. The number of anilines is 1. The maximum atomic E-state index is 12.8. The molecule has 0 fully saturated rings. The van der Waals surface area contributed by atoms with Gasteiger partial charge in [-0.15, -0.1) is 11.3 Å². The second-order valence-electron chi connectivity index (χ2n) is 4.78. The quantitative estimate of drug-likeness (QED) is 0.866. The summed E-state index contributed by atoms with van der Waals surface area (Å²) in [6.07, 6.45) is -5.37. The lowest BCUT2D eigenvalue weighted by atomic mass is 10.1. The van der Waals surface area contributed by atoms with E-state index in [1.807, 2.05) is 0 Å². The van der Waals surface area contributed by atoms with E-state index in [9.17, 15) is 18.0 Å². The van der Waals surface area contributed by atoms with E-state index in [4.69, 9.17) is 11.6 Å². The largest absolute Gasteiger partial charge is 0.406 e. The maximum absolute atomic E-state index is 12.8. The number of thiophene rings is 1. The summed E-state index contributed by atoms with van der Waals surface area (Å²) in [6, 6.07) is 9.73. The van der Waals surface area contributed by atoms with Gasteiger partial charge in [0.1, 0.15) is 12.7 Å². The summed E-state index contributed by atoms with van der Waals surface area (Å²) in [6.45, 7) is -1.33. The van der Waals surface area contributed by atoms with Crippen molar-refractivity contribution in [1.82, 2.24) is 4.90 Å². The van der Waals surface area contributed by atoms with Crippen LogP contribution >= 0.6 is 22.9 Å². The lowest BCUT2D eigenvalue weighted by molar-refractivity contribution is -0.144. The average Bonchev–Trinajstić information content (AvgIpc) is 2.87. The lowest BCUT2D eigenvalue weighted by Gasteiger charge is -2.37. The van der Waals surface area contributed by atoms with Gasteiger partial charge in [0.05, 0.1) is 9.90 Å². The van der Waals surface area contributed by atoms with E-state index in [-0.39, 0.29) is 5.56 Å². The number of fused-ring (bicyclic) bond motifs is 1. The molecule has 0 aliphatic carbocycles. The normalized spacial score (nSPS) is 18.1. The molecule has 116 valence electrons. The van der Waals surface area contributed by atoms with Gasteiger partial charge in [-0.25, -0.2) is 0 Å². The van der Waals surface area contributed by atoms with Gasteiger partial charge in [-0.3, -0.25) is 4.79 Å². The molecule has 1 aliphatic heterocycles. The molecular weight excluding hydrogens is 337 g/mol. The number of carbonyl (C=O) groups is 1. The molecule has 8 heteroatoms. The molecule has 1 aromatic heterocycles. The highest BCUT2D eigenvalue weighted by molar-refractivity contribution is 7.16. The molecule has 0 saturated carbocycles. The van der Waals surface area contributed by atoms with Crippen LogP contribution < -0.4 is 5.32 Å². The van der Waals surface area contributed by atoms with E-state index in [1.165, 1.54) is 6.07 Å². The Morgan fingerprint density at radius 2 is 1.95 bits per heavy atom. The molecule has 1 amide bonds. The monoisotopic (exact) mass is 346 g/mol. The van der Waals surface area contributed by atoms with E-state index in [0.717, 1.165) is 16.2 Å². The highest BCUT2D eigenvalue weighted by atomic mass is 35.5. The Labute approximate surface area is 133 Å². The van der Waals surface area contributed by atoms with Crippen LogP contribution in [-0.2, 0) is 0 Å². The van der Waals surface area contributed by atoms with Crippen LogP contribution in [0.5, 0.6) is 0 Å². The fraction of sp³-hybridized carbons (Fsp3) is 0.214. The van der Waals surface area contributed by atoms with Crippen LogP contribution in [0.25, 0.3) is 0 Å². The number of nitrogens with one attached hydrogen (secondary N) is 1. The zero-order valence-electron chi connectivity index (χ0n) is 11.0. The van der Waals surface area contributed by atoms with Crippen LogP contribution in [0.4, 0.5) is 18.9 Å². The highest BCUT2D eigenvalue weighted by Crippen LogP contribution is 2.38. The number of benzene rings is 1. The summed E-state index contributed by atoms with van der Waals surface area (Å²) in [5.41, 5.74) is 0.742. The Kier molecular flexibility index (Phi) is 3.78. The van der Waals surface area contributed by atoms with Crippen LogP contribution in [0.15, 0.2) is 36.4 Å². The third-order valence-electron chi connectivity index (χ3n) is 3.24. The van der Waals surface area contributed by atoms with Gasteiger partial charge in [-0.1, -0.05) is 23.7 Å². The Bertz CT molecular complexity index is 716. The standard InChI is InChI=1S/C14H10ClF3N2OS/c15-11-6-5-10(22-11)12-19-9-4-2-1-3-8(9)13(21)20(12)7-14(16,17)18/h1-6,12,19H,7H2/t12-/m0/s1. The molecule has 1 aromatic carbocycles. The zero-order chi connectivity index (χ0) is 15.9. The van der Waals surface area contributed by atoms with Gasteiger partial charge < -0.3 is 10.2 Å². The minimum atomic E-state index is -4.48. The number of hydrogen-bond acceptors (Lipinski definition) is 3. The number of halogens is 4. The van der Waals surface area contributed by atoms with Crippen LogP contribution in [0.2, 0.25) is 4.34 Å². The van der Waals surface area contributed by atoms with Gasteiger partial charge in [-0.05, 0) is 24.3 Å². The van der Waals surface area contributed by atoms with Crippen molar-refractivity contribution >= 4 is 34.5 Å². The summed E-state index contributed by atoms with van der Waals surface area (Å²) >= 11 is 7.00. The Morgan fingerprint density at radius 3 is 2.59 bits per heavy atom. The third-order valence-corrected chi connectivity index (χ3v) is 4.52. The minimum absolute atomic E-state index is 0.227. The van der Waals surface area contributed by atoms with Crippen LogP contribution in [-0.4, -0.2) is 23.5 Å². The third kappa shape index (κ3) is 2.91. The first-order valence-electron chi connectivity index (χ1n) is 6.34. The SMILES string of the molecule is O=C1c2ccccc2N[C@H](c2ccc(Cl)s2)N1CC(F)(F)F. The molecule has 0 bridgehead atoms. The molecule has 2 heterocycles. The topological polar surface area (TPSA) is 32.3 Å². The Hall–Kier alpha value is -1.73. The van der Waals surface area contributed by atoms with E-state index >= 15 is 0 Å². The number of alkyl halides is 3. The summed E-state index contributed by atoms with van der Waals surface area (Å²) in [5.74, 6) is -0.652. The number of nitrogens with zero attached hydrogens (tertiary/aromatic N) is 1. The van der Waals surface area contributed by atoms with Crippen molar-refractivity contribution in [2.24, 2.45) is 0 Å². The van der Waals surface area contributed by atoms with Gasteiger partial charge in [0.2, 0.25) is 0 Å². The summed E-state index contributed by atoms with van der Waals surface area (Å²) < 4.78 is 39.0. The van der Waals surface area contributed by atoms with Gasteiger partial charge in [0.25, 0.3) is 5.91 Å². The molecule has 3 rings (SSSR count). The lowest BCUT2D eigenvalue weighted by Crippen LogP contribution is -2.47. The summed E-state index contributed by atoms with van der Waals surface area (Å²) in [5, 5.41) is 2.99. The first kappa shape index (κ1) is 15.2. The first-order chi connectivity index (χ1) is 10.3. The van der Waals surface area contributed by atoms with Gasteiger partial charge in [0.15, 0.2) is 0 Å². The second kappa shape index (κ2) is 5.48. The van der Waals surface area contributed by atoms with Crippen molar-refractivity contribution in [2.45, 2.75) is 12.3 Å². The molecule has 0 spiro atoms. The van der Waals surface area contributed by atoms with Crippen molar-refractivity contribution in [2.75, 3.05) is 11.9 Å². The van der Waals surface area contributed by atoms with Crippen molar-refractivity contribution < 1.29 is 18.0 Å². The molecule has 3 nitrogen and oxygen atoms in total. The van der Waals surface area contributed by atoms with Crippen molar-refractivity contribution in [3.8, 4) is 0 Å². The predicted octanol–water partition coefficient (Wildman–Crippen LogP) is 4.53. The number of amides is 1. The van der Waals surface area contributed by atoms with Crippen LogP contribution in [0.1, 0.15) is 21.4 Å². The number of carbonyl (C=O) groups excluding carboxylic acids is 1. The van der Waals surface area contributed by atoms with Crippen LogP contribution in [0.3, 0.4) is 0 Å². The summed E-state index contributed by atoms with van der Waals surface area (Å²) in [4.78, 5) is 13.8. The van der Waals surface area contributed by atoms with Crippen LogP contribution in [0, 0.1) is 0 Å². The van der Waals surface area contributed by atoms with Gasteiger partial charge >= 0.3 is 6.18 Å². The second-order valence-corrected chi connectivity index (χ2v) is 6.53. The number of rotatable bonds is 2. The maximum Gasteiger partial charge on any atom is 0.406 e. The molecule has 2 aromatic rings. The summed E-state index contributed by atoms with van der Waals surface area (Å²) in [7, 11) is 0. The highest BCUT2D eigenvalue weighted by Gasteiger charge is 2.41. The first-order valence-corrected chi connectivity index (χ1v) is 7.53. The molecule has 0 saturated heterocycles. The fourth-order valence-corrected chi connectivity index (χ4v) is 3.47. The Balaban J connectivity index is 2.04. The average molecular weight is 347 g/mol. The zero-order valence-corrected chi connectivity index (χ0v) is 12.6. The number of hydrogen-bond donors (Lipinski definition) is 1. The molecule has 22 heavy (non-hydrogen) atoms. The van der Waals surface area contributed by atoms with Crippen molar-refractivity contribution in [1.29, 1.82) is 0 Å². The van der Waals surface area contributed by atoms with Gasteiger partial charge in [0, 0.05) is 10.6 Å². The molecule has 1 N–H and O–H groups in total. The molecule has 1 aliphatic rings. The van der Waals surface area contributed by atoms with E-state index in [1.54, 1.807) is 30.3 Å². The molecule has 0 radical (unpaired) electrons.